The number of nitrogen functional groups attached to an aromatic ring is 1. The molecular formula is C17H11ClFN3S. The Hall–Kier alpha value is -2.37. The predicted molar refractivity (Wildman–Crippen MR) is 96.2 cm³/mol. The largest absolute Gasteiger partial charge is 0.399 e. The van der Waals surface area contributed by atoms with E-state index in [9.17, 15) is 4.39 Å². The number of nitrogens with zero attached hydrogens (tertiary/aromatic N) is 1. The second-order valence-corrected chi connectivity index (χ2v) is 6.34. The number of anilines is 3. The zero-order valence-corrected chi connectivity index (χ0v) is 13.4. The topological polar surface area (TPSA) is 50.9 Å². The van der Waals surface area contributed by atoms with Gasteiger partial charge in [-0.25, -0.2) is 9.37 Å². The van der Waals surface area contributed by atoms with Gasteiger partial charge in [-0.1, -0.05) is 17.7 Å². The van der Waals surface area contributed by atoms with Crippen LogP contribution in [-0.2, 0) is 0 Å². The number of nitrogens with one attached hydrogen (secondary N) is 1. The summed E-state index contributed by atoms with van der Waals surface area (Å²) in [7, 11) is 0. The highest BCUT2D eigenvalue weighted by atomic mass is 35.5. The van der Waals surface area contributed by atoms with E-state index in [1.54, 1.807) is 23.5 Å². The van der Waals surface area contributed by atoms with Crippen LogP contribution in [0.2, 0.25) is 5.02 Å². The molecule has 0 radical (unpaired) electrons. The summed E-state index contributed by atoms with van der Waals surface area (Å²) in [4.78, 5) is 4.66. The molecule has 0 spiro atoms. The summed E-state index contributed by atoms with van der Waals surface area (Å²) in [6.07, 6.45) is 0. The minimum absolute atomic E-state index is 0.0709. The number of halogens is 2. The lowest BCUT2D eigenvalue weighted by molar-refractivity contribution is 0.628. The van der Waals surface area contributed by atoms with E-state index in [2.05, 4.69) is 15.7 Å². The lowest BCUT2D eigenvalue weighted by Gasteiger charge is -2.10. The van der Waals surface area contributed by atoms with Gasteiger partial charge in [-0.15, -0.1) is 0 Å². The normalized spacial score (nSPS) is 11.2. The smallest absolute Gasteiger partial charge is 0.141 e. The molecule has 0 aliphatic heterocycles. The van der Waals surface area contributed by atoms with Crippen LogP contribution >= 0.6 is 22.9 Å². The van der Waals surface area contributed by atoms with Crippen LogP contribution in [0.4, 0.5) is 21.6 Å². The summed E-state index contributed by atoms with van der Waals surface area (Å²) in [6.45, 7) is 0. The van der Waals surface area contributed by atoms with Gasteiger partial charge in [-0.2, -0.15) is 11.3 Å². The molecule has 0 aliphatic rings. The maximum Gasteiger partial charge on any atom is 0.141 e. The van der Waals surface area contributed by atoms with Crippen LogP contribution in [0.5, 0.6) is 0 Å². The molecule has 0 atom stereocenters. The standard InChI is InChI=1S/C17H11ClFN3S/c18-14-6-10(2-4-15(14)19)21-17-13-8-23-7-12(13)11-3-1-9(20)5-16(11)22-17/h1-8H,20H2,(H,21,22). The first-order chi connectivity index (χ1) is 11.1. The zero-order chi connectivity index (χ0) is 16.0. The molecule has 4 aromatic rings. The minimum atomic E-state index is -0.447. The Bertz CT molecular complexity index is 1040. The molecule has 2 aromatic carbocycles. The number of benzene rings is 2. The fourth-order valence-corrected chi connectivity index (χ4v) is 3.56. The number of aromatic nitrogens is 1. The van der Waals surface area contributed by atoms with Crippen LogP contribution in [0.3, 0.4) is 0 Å². The number of fused-ring (bicyclic) bond motifs is 3. The van der Waals surface area contributed by atoms with Crippen LogP contribution in [0.1, 0.15) is 0 Å². The van der Waals surface area contributed by atoms with Crippen LogP contribution in [0, 0.1) is 5.82 Å². The Kier molecular flexibility index (Phi) is 3.32. The van der Waals surface area contributed by atoms with Crippen molar-refractivity contribution >= 4 is 61.8 Å². The average Bonchev–Trinajstić information content (AvgIpc) is 3.01. The minimum Gasteiger partial charge on any atom is -0.399 e. The van der Waals surface area contributed by atoms with Crippen molar-refractivity contribution in [2.45, 2.75) is 0 Å². The molecule has 6 heteroatoms. The van der Waals surface area contributed by atoms with E-state index < -0.39 is 5.82 Å². The van der Waals surface area contributed by atoms with Gasteiger partial charge in [0.15, 0.2) is 0 Å². The van der Waals surface area contributed by atoms with Crippen LogP contribution < -0.4 is 11.1 Å². The number of pyridine rings is 1. The first kappa shape index (κ1) is 14.2. The van der Waals surface area contributed by atoms with Gasteiger partial charge < -0.3 is 11.1 Å². The summed E-state index contributed by atoms with van der Waals surface area (Å²) in [6, 6.07) is 10.2. The molecule has 4 rings (SSSR count). The van der Waals surface area contributed by atoms with E-state index in [1.807, 2.05) is 23.6 Å². The van der Waals surface area contributed by atoms with E-state index in [-0.39, 0.29) is 5.02 Å². The molecule has 3 N–H and O–H groups in total. The second-order valence-electron chi connectivity index (χ2n) is 5.19. The lowest BCUT2D eigenvalue weighted by atomic mass is 10.1. The van der Waals surface area contributed by atoms with Crippen molar-refractivity contribution in [3.8, 4) is 0 Å². The summed E-state index contributed by atoms with van der Waals surface area (Å²) in [5, 5.41) is 10.6. The quantitative estimate of drug-likeness (QED) is 0.468. The molecule has 23 heavy (non-hydrogen) atoms. The van der Waals surface area contributed by atoms with Crippen molar-refractivity contribution in [3.63, 3.8) is 0 Å². The highest BCUT2D eigenvalue weighted by Gasteiger charge is 2.10. The number of nitrogens with two attached hydrogens (primary N) is 1. The Morgan fingerprint density at radius 3 is 2.70 bits per heavy atom. The SMILES string of the molecule is Nc1ccc2c(c1)nc(Nc1ccc(F)c(Cl)c1)c1cscc12. The van der Waals surface area contributed by atoms with Crippen molar-refractivity contribution in [1.29, 1.82) is 0 Å². The Labute approximate surface area is 140 Å². The van der Waals surface area contributed by atoms with Gasteiger partial charge in [0.05, 0.1) is 10.5 Å². The van der Waals surface area contributed by atoms with E-state index in [0.29, 0.717) is 17.2 Å². The molecule has 2 heterocycles. The molecule has 114 valence electrons. The van der Waals surface area contributed by atoms with Gasteiger partial charge in [0, 0.05) is 32.9 Å². The summed E-state index contributed by atoms with van der Waals surface area (Å²) >= 11 is 7.45. The Morgan fingerprint density at radius 2 is 1.87 bits per heavy atom. The van der Waals surface area contributed by atoms with E-state index in [0.717, 1.165) is 21.7 Å². The molecule has 3 nitrogen and oxygen atoms in total. The van der Waals surface area contributed by atoms with Gasteiger partial charge in [-0.05, 0) is 35.7 Å². The average molecular weight is 344 g/mol. The lowest BCUT2D eigenvalue weighted by Crippen LogP contribution is -1.96. The fraction of sp³-hybridized carbons (Fsp3) is 0. The van der Waals surface area contributed by atoms with Crippen molar-refractivity contribution in [2.24, 2.45) is 0 Å². The number of rotatable bonds is 2. The Morgan fingerprint density at radius 1 is 1.04 bits per heavy atom. The molecule has 0 saturated heterocycles. The van der Waals surface area contributed by atoms with E-state index >= 15 is 0 Å². The van der Waals surface area contributed by atoms with Crippen LogP contribution in [-0.4, -0.2) is 4.98 Å². The summed E-state index contributed by atoms with van der Waals surface area (Å²) in [5.41, 5.74) is 8.02. The van der Waals surface area contributed by atoms with E-state index in [4.69, 9.17) is 17.3 Å². The maximum atomic E-state index is 13.3. The fourth-order valence-electron chi connectivity index (χ4n) is 2.54. The second kappa shape index (κ2) is 5.37. The third-order valence-corrected chi connectivity index (χ3v) is 4.68. The predicted octanol–water partition coefficient (Wildman–Crippen LogP) is 5.57. The van der Waals surface area contributed by atoms with Crippen molar-refractivity contribution in [1.82, 2.24) is 4.98 Å². The Balaban J connectivity index is 1.90. The van der Waals surface area contributed by atoms with Crippen molar-refractivity contribution in [2.75, 3.05) is 11.1 Å². The molecule has 0 saturated carbocycles. The first-order valence-electron chi connectivity index (χ1n) is 6.89. The number of thiophene rings is 1. The molecule has 0 bridgehead atoms. The van der Waals surface area contributed by atoms with Gasteiger partial charge in [0.2, 0.25) is 0 Å². The zero-order valence-electron chi connectivity index (χ0n) is 11.8. The third kappa shape index (κ3) is 2.48. The summed E-state index contributed by atoms with van der Waals surface area (Å²) in [5.74, 6) is 0.249. The van der Waals surface area contributed by atoms with E-state index in [1.165, 1.54) is 6.07 Å². The maximum absolute atomic E-state index is 13.3. The molecule has 0 aliphatic carbocycles. The van der Waals surface area contributed by atoms with Gasteiger partial charge in [0.25, 0.3) is 0 Å². The van der Waals surface area contributed by atoms with Gasteiger partial charge in [-0.3, -0.25) is 0 Å². The highest BCUT2D eigenvalue weighted by Crippen LogP contribution is 2.34. The molecule has 2 aromatic heterocycles. The number of hydrogen-bond donors (Lipinski definition) is 2. The number of hydrogen-bond acceptors (Lipinski definition) is 4. The molecule has 0 fully saturated rings. The first-order valence-corrected chi connectivity index (χ1v) is 8.21. The molecule has 0 amide bonds. The van der Waals surface area contributed by atoms with Crippen molar-refractivity contribution < 1.29 is 4.39 Å². The van der Waals surface area contributed by atoms with Crippen LogP contribution in [0.15, 0.2) is 47.2 Å². The molecular weight excluding hydrogens is 333 g/mol. The van der Waals surface area contributed by atoms with Crippen LogP contribution in [0.25, 0.3) is 21.7 Å². The highest BCUT2D eigenvalue weighted by molar-refractivity contribution is 7.09. The van der Waals surface area contributed by atoms with Crippen molar-refractivity contribution in [3.05, 3.63) is 58.0 Å². The monoisotopic (exact) mass is 343 g/mol. The summed E-state index contributed by atoms with van der Waals surface area (Å²) < 4.78 is 13.3. The molecule has 0 unspecified atom stereocenters. The van der Waals surface area contributed by atoms with Gasteiger partial charge >= 0.3 is 0 Å². The van der Waals surface area contributed by atoms with Gasteiger partial charge in [0.1, 0.15) is 11.6 Å². The third-order valence-electron chi connectivity index (χ3n) is 3.64.